The molecule has 0 heterocycles. The summed E-state index contributed by atoms with van der Waals surface area (Å²) in [4.78, 5) is 24.0. The van der Waals surface area contributed by atoms with Gasteiger partial charge in [-0.15, -0.1) is 6.58 Å². The van der Waals surface area contributed by atoms with Gasteiger partial charge in [-0.3, -0.25) is 9.59 Å². The highest BCUT2D eigenvalue weighted by atomic mass is 35.5. The Morgan fingerprint density at radius 1 is 1.14 bits per heavy atom. The highest BCUT2D eigenvalue weighted by molar-refractivity contribution is 6.30. The lowest BCUT2D eigenvalue weighted by Crippen LogP contribution is -2.29. The maximum Gasteiger partial charge on any atom is 0.320 e. The minimum atomic E-state index is -0.960. The van der Waals surface area contributed by atoms with E-state index < -0.39 is 17.9 Å². The zero-order chi connectivity index (χ0) is 16.5. The Labute approximate surface area is 136 Å². The predicted octanol–water partition coefficient (Wildman–Crippen LogP) is 3.74. The Bertz CT molecular complexity index is 492. The topological polar surface area (TPSA) is 52.6 Å². The van der Waals surface area contributed by atoms with Crippen LogP contribution in [-0.4, -0.2) is 25.2 Å². The summed E-state index contributed by atoms with van der Waals surface area (Å²) in [5.74, 6) is -2.27. The molecule has 0 aliphatic rings. The Morgan fingerprint density at radius 2 is 1.64 bits per heavy atom. The van der Waals surface area contributed by atoms with Crippen LogP contribution in [0.2, 0.25) is 5.02 Å². The second-order valence-corrected chi connectivity index (χ2v) is 5.12. The lowest BCUT2D eigenvalue weighted by atomic mass is 9.89. The van der Waals surface area contributed by atoms with E-state index in [4.69, 9.17) is 21.1 Å². The van der Waals surface area contributed by atoms with Crippen LogP contribution in [0, 0.1) is 5.92 Å². The van der Waals surface area contributed by atoms with Gasteiger partial charge in [0.2, 0.25) is 0 Å². The number of ether oxygens (including phenoxy) is 2. The molecule has 0 N–H and O–H groups in total. The standard InChI is InChI=1S/C17H21ClO4/c1-4-12(13-7-9-14(18)10-8-13)11-15(16(19)21-5-2)17(20)22-6-3/h4,7-10,12,15H,1,5-6,11H2,2-3H3. The van der Waals surface area contributed by atoms with Gasteiger partial charge in [0.05, 0.1) is 13.2 Å². The van der Waals surface area contributed by atoms with E-state index >= 15 is 0 Å². The Morgan fingerprint density at radius 3 is 2.05 bits per heavy atom. The van der Waals surface area contributed by atoms with Gasteiger partial charge in [-0.1, -0.05) is 29.8 Å². The molecule has 0 spiro atoms. The summed E-state index contributed by atoms with van der Waals surface area (Å²) in [6.45, 7) is 7.62. The third kappa shape index (κ3) is 5.19. The van der Waals surface area contributed by atoms with Crippen LogP contribution in [0.3, 0.4) is 0 Å². The first-order chi connectivity index (χ1) is 10.5. The van der Waals surface area contributed by atoms with Gasteiger partial charge < -0.3 is 9.47 Å². The van der Waals surface area contributed by atoms with E-state index in [2.05, 4.69) is 6.58 Å². The van der Waals surface area contributed by atoms with Crippen LogP contribution in [0.1, 0.15) is 31.7 Å². The molecule has 0 aromatic heterocycles. The molecule has 0 amide bonds. The van der Waals surface area contributed by atoms with Crippen molar-refractivity contribution in [2.45, 2.75) is 26.2 Å². The number of carbonyl (C=O) groups excluding carboxylic acids is 2. The average Bonchev–Trinajstić information content (AvgIpc) is 2.50. The quantitative estimate of drug-likeness (QED) is 0.415. The maximum atomic E-state index is 12.0. The molecule has 1 aromatic carbocycles. The van der Waals surface area contributed by atoms with Crippen LogP contribution >= 0.6 is 11.6 Å². The van der Waals surface area contributed by atoms with E-state index in [-0.39, 0.29) is 25.6 Å². The summed E-state index contributed by atoms with van der Waals surface area (Å²) < 4.78 is 9.95. The van der Waals surface area contributed by atoms with E-state index in [0.29, 0.717) is 5.02 Å². The molecule has 0 aliphatic heterocycles. The molecule has 120 valence electrons. The van der Waals surface area contributed by atoms with Crippen LogP contribution in [0.4, 0.5) is 0 Å². The van der Waals surface area contributed by atoms with Crippen molar-refractivity contribution in [1.82, 2.24) is 0 Å². The van der Waals surface area contributed by atoms with Crippen molar-refractivity contribution in [3.05, 3.63) is 47.5 Å². The Kier molecular flexibility index (Phi) is 7.67. The van der Waals surface area contributed by atoms with Crippen LogP contribution < -0.4 is 0 Å². The largest absolute Gasteiger partial charge is 0.465 e. The van der Waals surface area contributed by atoms with Gasteiger partial charge in [0, 0.05) is 10.9 Å². The smallest absolute Gasteiger partial charge is 0.320 e. The number of benzene rings is 1. The van der Waals surface area contributed by atoms with Crippen molar-refractivity contribution in [1.29, 1.82) is 0 Å². The molecule has 1 rings (SSSR count). The summed E-state index contributed by atoms with van der Waals surface area (Å²) >= 11 is 5.87. The molecule has 22 heavy (non-hydrogen) atoms. The third-order valence-electron chi connectivity index (χ3n) is 3.21. The van der Waals surface area contributed by atoms with Gasteiger partial charge in [-0.2, -0.15) is 0 Å². The number of halogens is 1. The lowest BCUT2D eigenvalue weighted by Gasteiger charge is -2.19. The van der Waals surface area contributed by atoms with Crippen molar-refractivity contribution >= 4 is 23.5 Å². The number of rotatable bonds is 8. The SMILES string of the molecule is C=CC(CC(C(=O)OCC)C(=O)OCC)c1ccc(Cl)cc1. The molecule has 0 aliphatic carbocycles. The molecule has 0 radical (unpaired) electrons. The normalized spacial score (nSPS) is 11.8. The third-order valence-corrected chi connectivity index (χ3v) is 3.47. The Balaban J connectivity index is 2.93. The second kappa shape index (κ2) is 9.26. The minimum Gasteiger partial charge on any atom is -0.465 e. The second-order valence-electron chi connectivity index (χ2n) is 4.69. The van der Waals surface area contributed by atoms with Gasteiger partial charge >= 0.3 is 11.9 Å². The fourth-order valence-corrected chi connectivity index (χ4v) is 2.23. The molecule has 1 aromatic rings. The van der Waals surface area contributed by atoms with Gasteiger partial charge in [0.15, 0.2) is 5.92 Å². The van der Waals surface area contributed by atoms with E-state index in [0.717, 1.165) is 5.56 Å². The van der Waals surface area contributed by atoms with Crippen molar-refractivity contribution in [2.75, 3.05) is 13.2 Å². The van der Waals surface area contributed by atoms with Gasteiger partial charge in [0.1, 0.15) is 0 Å². The first kappa shape index (κ1) is 18.2. The molecule has 1 unspecified atom stereocenters. The number of hydrogen-bond acceptors (Lipinski definition) is 4. The van der Waals surface area contributed by atoms with Crippen molar-refractivity contribution < 1.29 is 19.1 Å². The van der Waals surface area contributed by atoms with E-state index in [1.165, 1.54) is 0 Å². The first-order valence-corrected chi connectivity index (χ1v) is 7.62. The first-order valence-electron chi connectivity index (χ1n) is 7.24. The van der Waals surface area contributed by atoms with E-state index in [1.807, 2.05) is 12.1 Å². The fourth-order valence-electron chi connectivity index (χ4n) is 2.11. The molecule has 0 fully saturated rings. The number of carbonyl (C=O) groups is 2. The highest BCUT2D eigenvalue weighted by Gasteiger charge is 2.32. The Hall–Kier alpha value is -1.81. The summed E-state index contributed by atoms with van der Waals surface area (Å²) in [5, 5.41) is 0.624. The van der Waals surface area contributed by atoms with E-state index in [9.17, 15) is 9.59 Å². The number of allylic oxidation sites excluding steroid dienone is 1. The van der Waals surface area contributed by atoms with Gasteiger partial charge in [0.25, 0.3) is 0 Å². The number of hydrogen-bond donors (Lipinski definition) is 0. The van der Waals surface area contributed by atoms with E-state index in [1.54, 1.807) is 32.1 Å². The molecular weight excluding hydrogens is 304 g/mol. The molecule has 0 saturated carbocycles. The number of esters is 2. The summed E-state index contributed by atoms with van der Waals surface area (Å²) in [6.07, 6.45) is 1.96. The fraction of sp³-hybridized carbons (Fsp3) is 0.412. The van der Waals surface area contributed by atoms with Crippen molar-refractivity contribution in [3.63, 3.8) is 0 Å². The van der Waals surface area contributed by atoms with Crippen molar-refractivity contribution in [3.8, 4) is 0 Å². The predicted molar refractivity (Wildman–Crippen MR) is 85.8 cm³/mol. The molecular formula is C17H21ClO4. The summed E-state index contributed by atoms with van der Waals surface area (Å²) in [6, 6.07) is 7.22. The minimum absolute atomic E-state index is 0.170. The van der Waals surface area contributed by atoms with Crippen molar-refractivity contribution in [2.24, 2.45) is 5.92 Å². The van der Waals surface area contributed by atoms with Gasteiger partial charge in [-0.25, -0.2) is 0 Å². The van der Waals surface area contributed by atoms with Crippen LogP contribution in [0.25, 0.3) is 0 Å². The van der Waals surface area contributed by atoms with Crippen LogP contribution in [0.15, 0.2) is 36.9 Å². The molecule has 4 nitrogen and oxygen atoms in total. The molecule has 0 bridgehead atoms. The molecule has 5 heteroatoms. The van der Waals surface area contributed by atoms with Crippen LogP contribution in [0.5, 0.6) is 0 Å². The highest BCUT2D eigenvalue weighted by Crippen LogP contribution is 2.27. The summed E-state index contributed by atoms with van der Waals surface area (Å²) in [5.41, 5.74) is 0.929. The zero-order valence-electron chi connectivity index (χ0n) is 12.9. The molecule has 1 atom stereocenters. The maximum absolute atomic E-state index is 12.0. The molecule has 0 saturated heterocycles. The average molecular weight is 325 g/mol. The zero-order valence-corrected chi connectivity index (χ0v) is 13.6. The van der Waals surface area contributed by atoms with Gasteiger partial charge in [-0.05, 0) is 38.0 Å². The van der Waals surface area contributed by atoms with Crippen LogP contribution in [-0.2, 0) is 19.1 Å². The summed E-state index contributed by atoms with van der Waals surface area (Å²) in [7, 11) is 0. The lowest BCUT2D eigenvalue weighted by molar-refractivity contribution is -0.162. The monoisotopic (exact) mass is 324 g/mol.